The second-order valence-corrected chi connectivity index (χ2v) is 9.80. The van der Waals surface area contributed by atoms with E-state index in [9.17, 15) is 14.0 Å². The predicted molar refractivity (Wildman–Crippen MR) is 146 cm³/mol. The third kappa shape index (κ3) is 4.66. The average molecular weight is 507 g/mol. The molecule has 0 atom stereocenters. The third-order valence-corrected chi connectivity index (χ3v) is 6.70. The molecule has 5 rings (SSSR count). The van der Waals surface area contributed by atoms with E-state index >= 15 is 0 Å². The van der Waals surface area contributed by atoms with E-state index in [-0.39, 0.29) is 17.4 Å². The minimum atomic E-state index is -0.651. The molecule has 190 valence electrons. The number of aryl methyl sites for hydroxylation is 1. The number of nitrogens with zero attached hydrogens (tertiary/aromatic N) is 2. The fourth-order valence-corrected chi connectivity index (χ4v) is 4.61. The molecular formula is C31H27FN4O2. The second kappa shape index (κ2) is 9.59. The second-order valence-electron chi connectivity index (χ2n) is 9.80. The topological polar surface area (TPSA) is 89.5 Å². The number of hydrogen-bond acceptors (Lipinski definition) is 3. The molecule has 3 aromatic carbocycles. The van der Waals surface area contributed by atoms with Crippen LogP contribution < -0.4 is 11.1 Å². The number of primary amides is 1. The lowest BCUT2D eigenvalue weighted by molar-refractivity contribution is 0.0911. The summed E-state index contributed by atoms with van der Waals surface area (Å²) in [6.45, 7) is 5.89. The van der Waals surface area contributed by atoms with Crippen molar-refractivity contribution < 1.29 is 14.0 Å². The Morgan fingerprint density at radius 1 is 0.921 bits per heavy atom. The SMILES string of the molecule is Cc1ccc(C(=O)NC(C)(C)c2ccccc2)cc1-c1ccc2nc(-c3ccc(F)cc3)c(C(N)=O)n2c1. The summed E-state index contributed by atoms with van der Waals surface area (Å²) in [4.78, 5) is 30.3. The molecule has 2 heterocycles. The highest BCUT2D eigenvalue weighted by atomic mass is 19.1. The number of nitrogens with one attached hydrogen (secondary N) is 1. The number of benzene rings is 3. The number of rotatable bonds is 6. The molecule has 0 unspecified atom stereocenters. The molecule has 0 aliphatic carbocycles. The molecule has 0 saturated heterocycles. The highest BCUT2D eigenvalue weighted by Gasteiger charge is 2.24. The number of carbonyl (C=O) groups excluding carboxylic acids is 2. The first-order valence-electron chi connectivity index (χ1n) is 12.2. The van der Waals surface area contributed by atoms with Gasteiger partial charge in [0.25, 0.3) is 11.8 Å². The van der Waals surface area contributed by atoms with E-state index in [1.807, 2.05) is 69.3 Å². The first kappa shape index (κ1) is 24.9. The van der Waals surface area contributed by atoms with Crippen LogP contribution in [0, 0.1) is 12.7 Å². The van der Waals surface area contributed by atoms with E-state index in [0.29, 0.717) is 22.5 Å². The van der Waals surface area contributed by atoms with Crippen LogP contribution in [0.25, 0.3) is 28.0 Å². The van der Waals surface area contributed by atoms with Gasteiger partial charge < -0.3 is 11.1 Å². The van der Waals surface area contributed by atoms with Crippen molar-refractivity contribution in [2.24, 2.45) is 5.73 Å². The summed E-state index contributed by atoms with van der Waals surface area (Å²) < 4.78 is 15.1. The van der Waals surface area contributed by atoms with Gasteiger partial charge in [0, 0.05) is 17.3 Å². The lowest BCUT2D eigenvalue weighted by Crippen LogP contribution is -2.40. The molecule has 5 aromatic rings. The standard InChI is InChI=1S/C31H27FN4O2/c1-19-9-10-21(30(38)35-31(2,3)23-7-5-4-6-8-23)17-25(19)22-13-16-26-34-27(20-11-14-24(32)15-12-20)28(29(33)37)36(26)18-22/h4-18H,1-3H3,(H2,33,37)(H,35,38). The van der Waals surface area contributed by atoms with Crippen LogP contribution in [0.4, 0.5) is 4.39 Å². The van der Waals surface area contributed by atoms with Crippen LogP contribution in [0.5, 0.6) is 0 Å². The van der Waals surface area contributed by atoms with Crippen molar-refractivity contribution in [1.29, 1.82) is 0 Å². The molecule has 2 aromatic heterocycles. The Balaban J connectivity index is 1.54. The van der Waals surface area contributed by atoms with E-state index in [1.54, 1.807) is 34.9 Å². The Morgan fingerprint density at radius 2 is 1.61 bits per heavy atom. The Bertz CT molecular complexity index is 1670. The number of imidazole rings is 1. The molecule has 0 saturated carbocycles. The van der Waals surface area contributed by atoms with Gasteiger partial charge in [0.05, 0.1) is 5.54 Å². The Hall–Kier alpha value is -4.78. The van der Waals surface area contributed by atoms with Gasteiger partial charge in [0.1, 0.15) is 22.9 Å². The minimum Gasteiger partial charge on any atom is -0.364 e. The van der Waals surface area contributed by atoms with Crippen molar-refractivity contribution in [3.05, 3.63) is 119 Å². The average Bonchev–Trinajstić information content (AvgIpc) is 3.28. The molecule has 0 bridgehead atoms. The van der Waals surface area contributed by atoms with Gasteiger partial charge in [-0.25, -0.2) is 9.37 Å². The van der Waals surface area contributed by atoms with Gasteiger partial charge in [-0.2, -0.15) is 0 Å². The van der Waals surface area contributed by atoms with E-state index in [1.165, 1.54) is 12.1 Å². The zero-order valence-corrected chi connectivity index (χ0v) is 21.3. The highest BCUT2D eigenvalue weighted by Crippen LogP contribution is 2.30. The molecule has 38 heavy (non-hydrogen) atoms. The summed E-state index contributed by atoms with van der Waals surface area (Å²) >= 11 is 0. The maximum Gasteiger partial charge on any atom is 0.268 e. The van der Waals surface area contributed by atoms with Gasteiger partial charge in [0.15, 0.2) is 0 Å². The molecule has 0 fully saturated rings. The first-order valence-corrected chi connectivity index (χ1v) is 12.2. The third-order valence-electron chi connectivity index (χ3n) is 6.70. The number of carbonyl (C=O) groups is 2. The van der Waals surface area contributed by atoms with Crippen LogP contribution in [0.3, 0.4) is 0 Å². The van der Waals surface area contributed by atoms with Crippen LogP contribution >= 0.6 is 0 Å². The Kier molecular flexibility index (Phi) is 6.28. The molecular weight excluding hydrogens is 479 g/mol. The van der Waals surface area contributed by atoms with Crippen LogP contribution in [0.15, 0.2) is 91.1 Å². The van der Waals surface area contributed by atoms with Crippen molar-refractivity contribution in [1.82, 2.24) is 14.7 Å². The quantitative estimate of drug-likeness (QED) is 0.301. The normalized spacial score (nSPS) is 11.5. The number of hydrogen-bond donors (Lipinski definition) is 2. The van der Waals surface area contributed by atoms with Crippen molar-refractivity contribution in [3.8, 4) is 22.4 Å². The number of halogens is 1. The van der Waals surface area contributed by atoms with E-state index < -0.39 is 11.4 Å². The molecule has 6 nitrogen and oxygen atoms in total. The number of fused-ring (bicyclic) bond motifs is 1. The molecule has 0 spiro atoms. The number of pyridine rings is 1. The highest BCUT2D eigenvalue weighted by molar-refractivity contribution is 5.99. The zero-order valence-electron chi connectivity index (χ0n) is 21.3. The maximum atomic E-state index is 13.5. The summed E-state index contributed by atoms with van der Waals surface area (Å²) in [7, 11) is 0. The van der Waals surface area contributed by atoms with E-state index in [2.05, 4.69) is 10.3 Å². The largest absolute Gasteiger partial charge is 0.364 e. The maximum absolute atomic E-state index is 13.5. The molecule has 2 amide bonds. The van der Waals surface area contributed by atoms with Crippen molar-refractivity contribution in [2.75, 3.05) is 0 Å². The van der Waals surface area contributed by atoms with Crippen LogP contribution in [0.2, 0.25) is 0 Å². The summed E-state index contributed by atoms with van der Waals surface area (Å²) in [5.41, 5.74) is 11.0. The summed E-state index contributed by atoms with van der Waals surface area (Å²) in [6.07, 6.45) is 1.79. The monoisotopic (exact) mass is 506 g/mol. The molecule has 0 radical (unpaired) electrons. The lowest BCUT2D eigenvalue weighted by Gasteiger charge is -2.27. The Labute approximate surface area is 220 Å². The van der Waals surface area contributed by atoms with Crippen molar-refractivity contribution in [2.45, 2.75) is 26.3 Å². The van der Waals surface area contributed by atoms with Crippen molar-refractivity contribution >= 4 is 17.5 Å². The fraction of sp³-hybridized carbons (Fsp3) is 0.129. The fourth-order valence-electron chi connectivity index (χ4n) is 4.61. The number of nitrogens with two attached hydrogens (primary N) is 1. The van der Waals surface area contributed by atoms with Gasteiger partial charge in [-0.15, -0.1) is 0 Å². The number of aromatic nitrogens is 2. The van der Waals surface area contributed by atoms with Gasteiger partial charge in [-0.3, -0.25) is 14.0 Å². The number of amides is 2. The van der Waals surface area contributed by atoms with Gasteiger partial charge in [0.2, 0.25) is 0 Å². The van der Waals surface area contributed by atoms with Crippen LogP contribution in [-0.4, -0.2) is 21.2 Å². The summed E-state index contributed by atoms with van der Waals surface area (Å²) in [5.74, 6) is -1.23. The van der Waals surface area contributed by atoms with Crippen LogP contribution in [0.1, 0.15) is 45.8 Å². The first-order chi connectivity index (χ1) is 18.1. The minimum absolute atomic E-state index is 0.194. The zero-order chi connectivity index (χ0) is 27.0. The van der Waals surface area contributed by atoms with Gasteiger partial charge in [-0.1, -0.05) is 36.4 Å². The van der Waals surface area contributed by atoms with Gasteiger partial charge in [-0.05, 0) is 91.6 Å². The molecule has 0 aliphatic rings. The van der Waals surface area contributed by atoms with E-state index in [4.69, 9.17) is 5.73 Å². The Morgan fingerprint density at radius 3 is 2.29 bits per heavy atom. The summed E-state index contributed by atoms with van der Waals surface area (Å²) in [6, 6.07) is 24.8. The molecule has 7 heteroatoms. The van der Waals surface area contributed by atoms with Crippen LogP contribution in [-0.2, 0) is 5.54 Å². The van der Waals surface area contributed by atoms with E-state index in [0.717, 1.165) is 22.3 Å². The molecule has 0 aliphatic heterocycles. The predicted octanol–water partition coefficient (Wildman–Crippen LogP) is 5.88. The summed E-state index contributed by atoms with van der Waals surface area (Å²) in [5, 5.41) is 3.12. The van der Waals surface area contributed by atoms with Crippen molar-refractivity contribution in [3.63, 3.8) is 0 Å². The molecule has 3 N–H and O–H groups in total. The smallest absolute Gasteiger partial charge is 0.268 e. The lowest BCUT2D eigenvalue weighted by atomic mass is 9.93. The van der Waals surface area contributed by atoms with Gasteiger partial charge >= 0.3 is 0 Å².